The van der Waals surface area contributed by atoms with Crippen molar-refractivity contribution in [2.75, 3.05) is 26.2 Å². The van der Waals surface area contributed by atoms with Crippen molar-refractivity contribution < 1.29 is 13.3 Å². The van der Waals surface area contributed by atoms with Gasteiger partial charge in [-0.1, -0.05) is 6.92 Å². The Kier molecular flexibility index (Phi) is 5.72. The lowest BCUT2D eigenvalue weighted by Crippen LogP contribution is -2.40. The normalized spacial score (nSPS) is 17.3. The Morgan fingerprint density at radius 1 is 1.35 bits per heavy atom. The summed E-state index contributed by atoms with van der Waals surface area (Å²) < 4.78 is 27.0. The van der Waals surface area contributed by atoms with Crippen molar-refractivity contribution >= 4 is 15.7 Å². The van der Waals surface area contributed by atoms with Crippen molar-refractivity contribution in [3.8, 4) is 0 Å². The highest BCUT2D eigenvalue weighted by molar-refractivity contribution is 7.89. The van der Waals surface area contributed by atoms with Crippen LogP contribution in [0.4, 0.5) is 5.69 Å². The van der Waals surface area contributed by atoms with Crippen LogP contribution >= 0.6 is 0 Å². The van der Waals surface area contributed by atoms with Gasteiger partial charge < -0.3 is 5.32 Å². The molecule has 1 aromatic carbocycles. The molecule has 0 spiro atoms. The summed E-state index contributed by atoms with van der Waals surface area (Å²) in [6.07, 6.45) is 1.66. The van der Waals surface area contributed by atoms with Crippen molar-refractivity contribution in [2.45, 2.75) is 31.6 Å². The highest BCUT2D eigenvalue weighted by Gasteiger charge is 2.30. The molecular formula is C15H23N3O4S. The third-order valence-electron chi connectivity index (χ3n) is 4.24. The Morgan fingerprint density at radius 2 is 2.00 bits per heavy atom. The largest absolute Gasteiger partial charge is 0.317 e. The molecule has 0 atom stereocenters. The van der Waals surface area contributed by atoms with E-state index in [0.717, 1.165) is 25.9 Å². The Labute approximate surface area is 136 Å². The van der Waals surface area contributed by atoms with Gasteiger partial charge in [0.2, 0.25) is 10.0 Å². The average Bonchev–Trinajstić information content (AvgIpc) is 2.52. The van der Waals surface area contributed by atoms with Crippen LogP contribution in [-0.2, 0) is 10.0 Å². The van der Waals surface area contributed by atoms with Gasteiger partial charge in [0.25, 0.3) is 5.69 Å². The monoisotopic (exact) mass is 341 g/mol. The fourth-order valence-electron chi connectivity index (χ4n) is 2.88. The van der Waals surface area contributed by atoms with Crippen LogP contribution in [0.25, 0.3) is 0 Å². The summed E-state index contributed by atoms with van der Waals surface area (Å²) in [6, 6.07) is 3.90. The molecule has 23 heavy (non-hydrogen) atoms. The minimum absolute atomic E-state index is 0.0919. The second-order valence-electron chi connectivity index (χ2n) is 5.86. The first kappa shape index (κ1) is 17.8. The zero-order valence-corrected chi connectivity index (χ0v) is 14.3. The number of non-ortho nitro benzene ring substituents is 1. The molecular weight excluding hydrogens is 318 g/mol. The predicted molar refractivity (Wildman–Crippen MR) is 87.9 cm³/mol. The van der Waals surface area contributed by atoms with Gasteiger partial charge in [-0.2, -0.15) is 4.31 Å². The summed E-state index contributed by atoms with van der Waals surface area (Å²) in [7, 11) is -3.59. The molecule has 0 aromatic heterocycles. The standard InChI is InChI=1S/C15H23N3O4S/c1-3-16-11-13-6-8-17(9-7-13)23(21,22)15-5-4-14(18(19)20)10-12(15)2/h4-5,10,13,16H,3,6-9,11H2,1-2H3. The maximum Gasteiger partial charge on any atom is 0.269 e. The minimum atomic E-state index is -3.59. The number of hydrogen-bond donors (Lipinski definition) is 1. The van der Waals surface area contributed by atoms with Crippen LogP contribution < -0.4 is 5.32 Å². The number of hydrogen-bond acceptors (Lipinski definition) is 5. The Morgan fingerprint density at radius 3 is 2.52 bits per heavy atom. The summed E-state index contributed by atoms with van der Waals surface area (Å²) in [5.41, 5.74) is 0.319. The quantitative estimate of drug-likeness (QED) is 0.630. The number of piperidine rings is 1. The van der Waals surface area contributed by atoms with E-state index in [1.165, 1.54) is 22.5 Å². The lowest BCUT2D eigenvalue weighted by molar-refractivity contribution is -0.385. The molecule has 0 amide bonds. The van der Waals surface area contributed by atoms with Gasteiger partial charge in [0, 0.05) is 25.2 Å². The van der Waals surface area contributed by atoms with Gasteiger partial charge in [-0.3, -0.25) is 10.1 Å². The lowest BCUT2D eigenvalue weighted by atomic mass is 9.98. The highest BCUT2D eigenvalue weighted by Crippen LogP contribution is 2.27. The van der Waals surface area contributed by atoms with Crippen LogP contribution in [0.1, 0.15) is 25.3 Å². The molecule has 0 aliphatic carbocycles. The molecule has 0 unspecified atom stereocenters. The van der Waals surface area contributed by atoms with Crippen molar-refractivity contribution in [3.63, 3.8) is 0 Å². The first-order valence-corrected chi connectivity index (χ1v) is 9.26. The first-order chi connectivity index (χ1) is 10.9. The number of rotatable bonds is 6. The van der Waals surface area contributed by atoms with Crippen molar-refractivity contribution in [2.24, 2.45) is 5.92 Å². The summed E-state index contributed by atoms with van der Waals surface area (Å²) in [5, 5.41) is 14.1. The Bertz CT molecular complexity index is 667. The van der Waals surface area contributed by atoms with Crippen LogP contribution in [0.3, 0.4) is 0 Å². The molecule has 1 aliphatic rings. The van der Waals surface area contributed by atoms with Gasteiger partial charge in [0.15, 0.2) is 0 Å². The van der Waals surface area contributed by atoms with Gasteiger partial charge in [-0.25, -0.2) is 8.42 Å². The summed E-state index contributed by atoms with van der Waals surface area (Å²) in [5.74, 6) is 0.499. The van der Waals surface area contributed by atoms with E-state index in [-0.39, 0.29) is 10.6 Å². The molecule has 1 aromatic rings. The topological polar surface area (TPSA) is 92.6 Å². The second-order valence-corrected chi connectivity index (χ2v) is 7.77. The van der Waals surface area contributed by atoms with Gasteiger partial charge in [0.1, 0.15) is 0 Å². The van der Waals surface area contributed by atoms with Crippen molar-refractivity contribution in [3.05, 3.63) is 33.9 Å². The number of nitro groups is 1. The molecule has 1 heterocycles. The van der Waals surface area contributed by atoms with Crippen molar-refractivity contribution in [1.29, 1.82) is 0 Å². The van der Waals surface area contributed by atoms with E-state index in [1.807, 2.05) is 0 Å². The van der Waals surface area contributed by atoms with Crippen LogP contribution in [0, 0.1) is 23.0 Å². The molecule has 1 aliphatic heterocycles. The number of nitrogens with zero attached hydrogens (tertiary/aromatic N) is 2. The van der Waals surface area contributed by atoms with Crippen LogP contribution in [-0.4, -0.2) is 43.8 Å². The molecule has 2 rings (SSSR count). The van der Waals surface area contributed by atoms with Crippen LogP contribution in [0.5, 0.6) is 0 Å². The van der Waals surface area contributed by atoms with E-state index in [2.05, 4.69) is 12.2 Å². The van der Waals surface area contributed by atoms with Crippen LogP contribution in [0.15, 0.2) is 23.1 Å². The van der Waals surface area contributed by atoms with E-state index in [9.17, 15) is 18.5 Å². The molecule has 7 nitrogen and oxygen atoms in total. The van der Waals surface area contributed by atoms with Crippen LogP contribution in [0.2, 0.25) is 0 Å². The van der Waals surface area contributed by atoms with Crippen molar-refractivity contribution in [1.82, 2.24) is 9.62 Å². The number of nitrogens with one attached hydrogen (secondary N) is 1. The SMILES string of the molecule is CCNCC1CCN(S(=O)(=O)c2ccc([N+](=O)[O-])cc2C)CC1. The minimum Gasteiger partial charge on any atom is -0.317 e. The third kappa shape index (κ3) is 4.07. The summed E-state index contributed by atoms with van der Waals surface area (Å²) in [6.45, 7) is 6.47. The third-order valence-corrected chi connectivity index (χ3v) is 6.30. The van der Waals surface area contributed by atoms with Gasteiger partial charge in [-0.15, -0.1) is 0 Å². The van der Waals surface area contributed by atoms with Gasteiger partial charge in [-0.05, 0) is 50.4 Å². The number of nitro benzene ring substituents is 1. The first-order valence-electron chi connectivity index (χ1n) is 7.82. The smallest absolute Gasteiger partial charge is 0.269 e. The number of sulfonamides is 1. The highest BCUT2D eigenvalue weighted by atomic mass is 32.2. The Hall–Kier alpha value is -1.51. The molecule has 1 N–H and O–H groups in total. The van der Waals surface area contributed by atoms with E-state index >= 15 is 0 Å². The molecule has 1 fully saturated rings. The number of benzene rings is 1. The molecule has 0 bridgehead atoms. The molecule has 0 radical (unpaired) electrons. The molecule has 1 saturated heterocycles. The molecule has 128 valence electrons. The maximum absolute atomic E-state index is 12.8. The predicted octanol–water partition coefficient (Wildman–Crippen LogP) is 1.91. The zero-order valence-electron chi connectivity index (χ0n) is 13.5. The average molecular weight is 341 g/mol. The summed E-state index contributed by atoms with van der Waals surface area (Å²) in [4.78, 5) is 10.4. The number of aryl methyl sites for hydroxylation is 1. The molecule has 0 saturated carbocycles. The van der Waals surface area contributed by atoms with Gasteiger partial charge >= 0.3 is 0 Å². The fraction of sp³-hybridized carbons (Fsp3) is 0.600. The molecule has 8 heteroatoms. The Balaban J connectivity index is 2.12. The van der Waals surface area contributed by atoms with E-state index in [4.69, 9.17) is 0 Å². The zero-order chi connectivity index (χ0) is 17.0. The second kappa shape index (κ2) is 7.37. The van der Waals surface area contributed by atoms with E-state index in [0.29, 0.717) is 24.6 Å². The maximum atomic E-state index is 12.8. The lowest BCUT2D eigenvalue weighted by Gasteiger charge is -2.31. The van der Waals surface area contributed by atoms with E-state index < -0.39 is 14.9 Å². The van der Waals surface area contributed by atoms with E-state index in [1.54, 1.807) is 6.92 Å². The fourth-order valence-corrected chi connectivity index (χ4v) is 4.55. The summed E-state index contributed by atoms with van der Waals surface area (Å²) >= 11 is 0. The van der Waals surface area contributed by atoms with Gasteiger partial charge in [0.05, 0.1) is 9.82 Å².